The number of Topliss-reactive ketones (excluding diaryl/α,β-unsaturated/α-hetero) is 2. The van der Waals surface area contributed by atoms with Gasteiger partial charge in [-0.3, -0.25) is 24.6 Å². The largest absolute Gasteiger partial charge is 0.451 e. The van der Waals surface area contributed by atoms with Gasteiger partial charge in [0.05, 0.1) is 0 Å². The van der Waals surface area contributed by atoms with Gasteiger partial charge < -0.3 is 4.74 Å². The molecule has 1 aliphatic heterocycles. The zero-order valence-electron chi connectivity index (χ0n) is 15.3. The highest BCUT2D eigenvalue weighted by Gasteiger charge is 2.34. The van der Waals surface area contributed by atoms with Crippen molar-refractivity contribution in [3.8, 4) is 5.75 Å². The molecule has 2 aliphatic rings. The summed E-state index contributed by atoms with van der Waals surface area (Å²) in [5.41, 5.74) is 0.925. The summed E-state index contributed by atoms with van der Waals surface area (Å²) in [5, 5.41) is 1.97. The molecule has 1 unspecified atom stereocenters. The van der Waals surface area contributed by atoms with Crippen molar-refractivity contribution in [1.82, 2.24) is 5.32 Å². The molecule has 4 rings (SSSR count). The second kappa shape index (κ2) is 7.18. The molecule has 0 spiro atoms. The molecule has 146 valence electrons. The number of halogens is 1. The number of fused-ring (bicyclic) bond motifs is 1. The SMILES string of the molecule is CC1CC(=O)NC(=O)N1c1cccc(OC2=C(Cl)C(=O)c3ccccc3C2=O)c1. The number of imide groups is 1. The molecule has 7 nitrogen and oxygen atoms in total. The van der Waals surface area contributed by atoms with Gasteiger partial charge >= 0.3 is 6.03 Å². The molecule has 1 aliphatic carbocycles. The molecule has 0 aromatic heterocycles. The highest BCUT2D eigenvalue weighted by molar-refractivity contribution is 6.49. The summed E-state index contributed by atoms with van der Waals surface area (Å²) >= 11 is 6.13. The van der Waals surface area contributed by atoms with E-state index in [4.69, 9.17) is 16.3 Å². The Kier molecular flexibility index (Phi) is 4.68. The van der Waals surface area contributed by atoms with Crippen LogP contribution in [0.3, 0.4) is 0 Å². The van der Waals surface area contributed by atoms with Crippen LogP contribution in [-0.2, 0) is 4.79 Å². The standard InChI is InChI=1S/C21H15ClN2O5/c1-11-9-16(25)23-21(28)24(11)12-5-4-6-13(10-12)29-20-17(22)18(26)14-7-2-3-8-15(14)19(20)27/h2-8,10-11H,9H2,1H3,(H,23,25,28). The fourth-order valence-electron chi connectivity index (χ4n) is 3.39. The van der Waals surface area contributed by atoms with Gasteiger partial charge in [0, 0.05) is 35.3 Å². The monoisotopic (exact) mass is 410 g/mol. The van der Waals surface area contributed by atoms with Crippen molar-refractivity contribution in [2.45, 2.75) is 19.4 Å². The average Bonchev–Trinajstić information content (AvgIpc) is 2.69. The van der Waals surface area contributed by atoms with Crippen molar-refractivity contribution in [1.29, 1.82) is 0 Å². The zero-order valence-corrected chi connectivity index (χ0v) is 16.0. The Bertz CT molecular complexity index is 1110. The van der Waals surface area contributed by atoms with E-state index in [1.54, 1.807) is 43.3 Å². The number of ether oxygens (including phenoxy) is 1. The molecule has 3 amide bonds. The van der Waals surface area contributed by atoms with Crippen LogP contribution in [0.2, 0.25) is 0 Å². The molecule has 2 aromatic rings. The van der Waals surface area contributed by atoms with E-state index >= 15 is 0 Å². The third-order valence-electron chi connectivity index (χ3n) is 4.72. The van der Waals surface area contributed by atoms with Gasteiger partial charge in [-0.15, -0.1) is 0 Å². The Morgan fingerprint density at radius 2 is 1.69 bits per heavy atom. The minimum atomic E-state index is -0.541. The minimum absolute atomic E-state index is 0.164. The number of hydrogen-bond donors (Lipinski definition) is 1. The Balaban J connectivity index is 1.66. The first-order valence-corrected chi connectivity index (χ1v) is 9.23. The predicted octanol–water partition coefficient (Wildman–Crippen LogP) is 3.43. The second-order valence-corrected chi connectivity index (χ2v) is 7.10. The van der Waals surface area contributed by atoms with Crippen LogP contribution in [0.5, 0.6) is 5.75 Å². The molecule has 1 N–H and O–H groups in total. The van der Waals surface area contributed by atoms with Crippen LogP contribution in [-0.4, -0.2) is 29.5 Å². The van der Waals surface area contributed by atoms with Crippen LogP contribution >= 0.6 is 11.6 Å². The summed E-state index contributed by atoms with van der Waals surface area (Å²) in [6, 6.07) is 11.9. The lowest BCUT2D eigenvalue weighted by Crippen LogP contribution is -2.54. The first-order chi connectivity index (χ1) is 13.9. The number of anilines is 1. The molecule has 0 saturated carbocycles. The molecule has 1 atom stereocenters. The van der Waals surface area contributed by atoms with Crippen LogP contribution in [0.25, 0.3) is 0 Å². The van der Waals surface area contributed by atoms with Crippen LogP contribution in [0.4, 0.5) is 10.5 Å². The molecule has 29 heavy (non-hydrogen) atoms. The molecule has 2 aromatic carbocycles. The summed E-state index contributed by atoms with van der Waals surface area (Å²) in [6.07, 6.45) is 0.164. The summed E-state index contributed by atoms with van der Waals surface area (Å²) < 4.78 is 5.68. The lowest BCUT2D eigenvalue weighted by atomic mass is 9.93. The molecule has 8 heteroatoms. The van der Waals surface area contributed by atoms with E-state index in [0.29, 0.717) is 5.69 Å². The fraction of sp³-hybridized carbons (Fsp3) is 0.143. The third kappa shape index (κ3) is 3.30. The van der Waals surface area contributed by atoms with E-state index in [1.165, 1.54) is 17.0 Å². The first kappa shape index (κ1) is 18.9. The number of allylic oxidation sites excluding steroid dienone is 2. The Morgan fingerprint density at radius 1 is 1.00 bits per heavy atom. The van der Waals surface area contributed by atoms with Gasteiger partial charge in [0.1, 0.15) is 10.8 Å². The molecule has 1 fully saturated rings. The first-order valence-electron chi connectivity index (χ1n) is 8.86. The van der Waals surface area contributed by atoms with Crippen molar-refractivity contribution < 1.29 is 23.9 Å². The van der Waals surface area contributed by atoms with E-state index in [2.05, 4.69) is 5.32 Å². The average molecular weight is 411 g/mol. The van der Waals surface area contributed by atoms with Crippen LogP contribution < -0.4 is 15.0 Å². The number of nitrogens with one attached hydrogen (secondary N) is 1. The van der Waals surface area contributed by atoms with Gasteiger partial charge in [-0.1, -0.05) is 41.9 Å². The van der Waals surface area contributed by atoms with E-state index in [1.807, 2.05) is 0 Å². The maximum atomic E-state index is 12.8. The minimum Gasteiger partial charge on any atom is -0.451 e. The number of ketones is 2. The lowest BCUT2D eigenvalue weighted by Gasteiger charge is -2.32. The second-order valence-electron chi connectivity index (χ2n) is 6.72. The summed E-state index contributed by atoms with van der Waals surface area (Å²) in [7, 11) is 0. The number of carbonyl (C=O) groups excluding carboxylic acids is 4. The van der Waals surface area contributed by atoms with Crippen molar-refractivity contribution in [2.75, 3.05) is 4.90 Å². The van der Waals surface area contributed by atoms with E-state index in [9.17, 15) is 19.2 Å². The third-order valence-corrected chi connectivity index (χ3v) is 5.07. The molecule has 0 radical (unpaired) electrons. The van der Waals surface area contributed by atoms with Gasteiger partial charge in [0.15, 0.2) is 5.76 Å². The van der Waals surface area contributed by atoms with Crippen LogP contribution in [0, 0.1) is 0 Å². The summed E-state index contributed by atoms with van der Waals surface area (Å²) in [5.74, 6) is -1.36. The number of hydrogen-bond acceptors (Lipinski definition) is 5. The van der Waals surface area contributed by atoms with Gasteiger partial charge in [-0.05, 0) is 19.1 Å². The Labute approximate surface area is 170 Å². The highest BCUT2D eigenvalue weighted by Crippen LogP contribution is 2.32. The smallest absolute Gasteiger partial charge is 0.328 e. The topological polar surface area (TPSA) is 92.8 Å². The number of amides is 3. The predicted molar refractivity (Wildman–Crippen MR) is 105 cm³/mol. The molecule has 1 heterocycles. The van der Waals surface area contributed by atoms with E-state index < -0.39 is 17.6 Å². The molecular formula is C21H15ClN2O5. The Morgan fingerprint density at radius 3 is 2.38 bits per heavy atom. The summed E-state index contributed by atoms with van der Waals surface area (Å²) in [4.78, 5) is 50.4. The fourth-order valence-corrected chi connectivity index (χ4v) is 3.62. The Hall–Kier alpha value is -3.45. The highest BCUT2D eigenvalue weighted by atomic mass is 35.5. The van der Waals surface area contributed by atoms with Crippen LogP contribution in [0.1, 0.15) is 34.1 Å². The summed E-state index contributed by atoms with van der Waals surface area (Å²) in [6.45, 7) is 1.75. The van der Waals surface area contributed by atoms with Gasteiger partial charge in [-0.25, -0.2) is 4.79 Å². The number of rotatable bonds is 3. The van der Waals surface area contributed by atoms with Crippen molar-refractivity contribution >= 4 is 40.8 Å². The lowest BCUT2D eigenvalue weighted by molar-refractivity contribution is -0.120. The number of benzene rings is 2. The van der Waals surface area contributed by atoms with E-state index in [-0.39, 0.29) is 46.0 Å². The maximum Gasteiger partial charge on any atom is 0.328 e. The van der Waals surface area contributed by atoms with E-state index in [0.717, 1.165) is 0 Å². The van der Waals surface area contributed by atoms with Gasteiger partial charge in [0.2, 0.25) is 17.5 Å². The number of urea groups is 1. The normalized spacial score (nSPS) is 19.2. The van der Waals surface area contributed by atoms with Gasteiger partial charge in [-0.2, -0.15) is 0 Å². The van der Waals surface area contributed by atoms with Crippen LogP contribution in [0.15, 0.2) is 59.3 Å². The molecule has 0 bridgehead atoms. The zero-order chi connectivity index (χ0) is 20.7. The van der Waals surface area contributed by atoms with Crippen molar-refractivity contribution in [3.63, 3.8) is 0 Å². The quantitative estimate of drug-likeness (QED) is 0.836. The van der Waals surface area contributed by atoms with Crippen molar-refractivity contribution in [2.24, 2.45) is 0 Å². The number of carbonyl (C=O) groups is 4. The molecular weight excluding hydrogens is 396 g/mol. The van der Waals surface area contributed by atoms with Crippen molar-refractivity contribution in [3.05, 3.63) is 70.4 Å². The van der Waals surface area contributed by atoms with Gasteiger partial charge in [0.25, 0.3) is 0 Å². The number of nitrogens with zero attached hydrogens (tertiary/aromatic N) is 1. The molecule has 1 saturated heterocycles. The maximum absolute atomic E-state index is 12.8.